The first-order valence-corrected chi connectivity index (χ1v) is 7.48. The van der Waals surface area contributed by atoms with E-state index in [1.807, 2.05) is 0 Å². The fourth-order valence-electron chi connectivity index (χ4n) is 1.64. The Hall–Kier alpha value is -0.130. The summed E-state index contributed by atoms with van der Waals surface area (Å²) in [6, 6.07) is 6.28. The third-order valence-corrected chi connectivity index (χ3v) is 4.55. The molecule has 1 nitrogen and oxygen atoms in total. The molecule has 0 amide bonds. The Balaban J connectivity index is 2.21. The summed E-state index contributed by atoms with van der Waals surface area (Å²) in [6.45, 7) is 0. The van der Waals surface area contributed by atoms with Crippen molar-refractivity contribution in [2.75, 3.05) is 0 Å². The number of halogens is 4. The maximum Gasteiger partial charge on any atom is 0.127 e. The van der Waals surface area contributed by atoms with E-state index in [-0.39, 0.29) is 11.9 Å². The summed E-state index contributed by atoms with van der Waals surface area (Å²) in [4.78, 5) is 0. The van der Waals surface area contributed by atoms with E-state index in [9.17, 15) is 4.39 Å². The minimum Gasteiger partial charge on any atom is -0.324 e. The zero-order valence-corrected chi connectivity index (χ0v) is 13.0. The number of benzene rings is 1. The Morgan fingerprint density at radius 2 is 2.06 bits per heavy atom. The van der Waals surface area contributed by atoms with Crippen LogP contribution in [-0.2, 0) is 6.42 Å². The van der Waals surface area contributed by atoms with Gasteiger partial charge in [0, 0.05) is 16.1 Å². The fourth-order valence-corrected chi connectivity index (χ4v) is 3.57. The molecule has 1 atom stereocenters. The molecule has 1 aromatic carbocycles. The second kappa shape index (κ2) is 5.88. The summed E-state index contributed by atoms with van der Waals surface area (Å²) >= 11 is 16.4. The van der Waals surface area contributed by atoms with Crippen LogP contribution in [0.2, 0.25) is 8.67 Å². The molecule has 0 bridgehead atoms. The van der Waals surface area contributed by atoms with Gasteiger partial charge in [-0.2, -0.15) is 0 Å². The van der Waals surface area contributed by atoms with Gasteiger partial charge in [-0.1, -0.05) is 45.2 Å². The normalized spacial score (nSPS) is 12.7. The van der Waals surface area contributed by atoms with Crippen molar-refractivity contribution in [2.24, 2.45) is 5.73 Å². The lowest BCUT2D eigenvalue weighted by atomic mass is 10.0. The van der Waals surface area contributed by atoms with Crippen molar-refractivity contribution >= 4 is 50.5 Å². The van der Waals surface area contributed by atoms with Crippen molar-refractivity contribution in [1.29, 1.82) is 0 Å². The standard InChI is InChI=1S/C12H9BrCl2FNS/c13-7-2-1-6(9(16)4-7)3-10(17)8-5-11(14)18-12(8)15/h1-2,4-5,10H,3,17H2. The minimum absolute atomic E-state index is 0.280. The first-order valence-electron chi connectivity index (χ1n) is 5.11. The molecule has 1 heterocycles. The number of hydrogen-bond acceptors (Lipinski definition) is 2. The van der Waals surface area contributed by atoms with Crippen molar-refractivity contribution in [3.05, 3.63) is 54.4 Å². The van der Waals surface area contributed by atoms with Crippen LogP contribution in [0.5, 0.6) is 0 Å². The second-order valence-corrected chi connectivity index (χ2v) is 7.03. The highest BCUT2D eigenvalue weighted by Gasteiger charge is 2.16. The lowest BCUT2D eigenvalue weighted by Crippen LogP contribution is -2.13. The van der Waals surface area contributed by atoms with Gasteiger partial charge in [0.2, 0.25) is 0 Å². The molecule has 6 heteroatoms. The number of hydrogen-bond donors (Lipinski definition) is 1. The van der Waals surface area contributed by atoms with Crippen LogP contribution in [0.3, 0.4) is 0 Å². The summed E-state index contributed by atoms with van der Waals surface area (Å²) < 4.78 is 15.5. The van der Waals surface area contributed by atoms with Crippen LogP contribution >= 0.6 is 50.5 Å². The topological polar surface area (TPSA) is 26.0 Å². The molecule has 0 radical (unpaired) electrons. The van der Waals surface area contributed by atoms with Gasteiger partial charge in [-0.3, -0.25) is 0 Å². The SMILES string of the molecule is NC(Cc1ccc(Br)cc1F)c1cc(Cl)sc1Cl. The van der Waals surface area contributed by atoms with Gasteiger partial charge in [0.1, 0.15) is 5.82 Å². The van der Waals surface area contributed by atoms with E-state index in [0.717, 1.165) is 5.56 Å². The summed E-state index contributed by atoms with van der Waals surface area (Å²) in [5.74, 6) is -0.280. The van der Waals surface area contributed by atoms with Crippen LogP contribution in [0.15, 0.2) is 28.7 Å². The molecule has 0 spiro atoms. The van der Waals surface area contributed by atoms with Crippen molar-refractivity contribution in [2.45, 2.75) is 12.5 Å². The predicted octanol–water partition coefficient (Wildman–Crippen LogP) is 5.20. The summed E-state index contributed by atoms with van der Waals surface area (Å²) in [5.41, 5.74) is 7.35. The molecule has 2 N–H and O–H groups in total. The summed E-state index contributed by atoms with van der Waals surface area (Å²) in [6.07, 6.45) is 0.381. The van der Waals surface area contributed by atoms with E-state index >= 15 is 0 Å². The molecule has 2 rings (SSSR count). The molecule has 0 aliphatic carbocycles. The Morgan fingerprint density at radius 1 is 1.33 bits per heavy atom. The number of thiophene rings is 1. The van der Waals surface area contributed by atoms with Crippen LogP contribution in [0, 0.1) is 5.82 Å². The average Bonchev–Trinajstić information content (AvgIpc) is 2.62. The van der Waals surface area contributed by atoms with E-state index in [0.29, 0.717) is 25.1 Å². The zero-order chi connectivity index (χ0) is 13.3. The monoisotopic (exact) mass is 367 g/mol. The molecule has 1 unspecified atom stereocenters. The van der Waals surface area contributed by atoms with E-state index in [2.05, 4.69) is 15.9 Å². The molecule has 1 aromatic heterocycles. The quantitative estimate of drug-likeness (QED) is 0.791. The molecule has 0 saturated heterocycles. The van der Waals surface area contributed by atoms with Gasteiger partial charge in [-0.15, -0.1) is 11.3 Å². The van der Waals surface area contributed by atoms with Crippen LogP contribution < -0.4 is 5.73 Å². The molecule has 0 saturated carbocycles. The molecule has 0 fully saturated rings. The Morgan fingerprint density at radius 3 is 2.61 bits per heavy atom. The molecule has 2 aromatic rings. The van der Waals surface area contributed by atoms with Crippen LogP contribution in [0.4, 0.5) is 4.39 Å². The number of nitrogens with two attached hydrogens (primary N) is 1. The fraction of sp³-hybridized carbons (Fsp3) is 0.167. The Bertz CT molecular complexity index is 573. The predicted molar refractivity (Wildman–Crippen MR) is 79.1 cm³/mol. The third-order valence-electron chi connectivity index (χ3n) is 2.54. The molecule has 96 valence electrons. The van der Waals surface area contributed by atoms with Gasteiger partial charge in [0.25, 0.3) is 0 Å². The first kappa shape index (κ1) is 14.3. The largest absolute Gasteiger partial charge is 0.324 e. The van der Waals surface area contributed by atoms with Gasteiger partial charge in [0.15, 0.2) is 0 Å². The highest BCUT2D eigenvalue weighted by atomic mass is 79.9. The second-order valence-electron chi connectivity index (χ2n) is 3.83. The van der Waals surface area contributed by atoms with Gasteiger partial charge >= 0.3 is 0 Å². The van der Waals surface area contributed by atoms with E-state index in [4.69, 9.17) is 28.9 Å². The number of rotatable bonds is 3. The maximum absolute atomic E-state index is 13.7. The van der Waals surface area contributed by atoms with Crippen molar-refractivity contribution in [1.82, 2.24) is 0 Å². The molecule has 0 aliphatic rings. The third kappa shape index (κ3) is 3.25. The van der Waals surface area contributed by atoms with Crippen LogP contribution in [-0.4, -0.2) is 0 Å². The van der Waals surface area contributed by atoms with E-state index in [1.54, 1.807) is 18.2 Å². The highest BCUT2D eigenvalue weighted by Crippen LogP contribution is 2.35. The van der Waals surface area contributed by atoms with Crippen LogP contribution in [0.25, 0.3) is 0 Å². The smallest absolute Gasteiger partial charge is 0.127 e. The Labute approximate surface area is 127 Å². The average molecular weight is 369 g/mol. The molecule has 18 heavy (non-hydrogen) atoms. The van der Waals surface area contributed by atoms with Gasteiger partial charge in [-0.05, 0) is 30.2 Å². The highest BCUT2D eigenvalue weighted by molar-refractivity contribution is 9.10. The summed E-state index contributed by atoms with van der Waals surface area (Å²) in [5, 5.41) is 0. The minimum atomic E-state index is -0.364. The maximum atomic E-state index is 13.7. The van der Waals surface area contributed by atoms with Gasteiger partial charge in [0.05, 0.1) is 8.67 Å². The zero-order valence-electron chi connectivity index (χ0n) is 9.09. The Kier molecular flexibility index (Phi) is 4.67. The van der Waals surface area contributed by atoms with Crippen LogP contribution in [0.1, 0.15) is 17.2 Å². The van der Waals surface area contributed by atoms with Gasteiger partial charge in [-0.25, -0.2) is 4.39 Å². The summed E-state index contributed by atoms with van der Waals surface area (Å²) in [7, 11) is 0. The van der Waals surface area contributed by atoms with Crippen molar-refractivity contribution < 1.29 is 4.39 Å². The molecular formula is C12H9BrCl2FNS. The lowest BCUT2D eigenvalue weighted by molar-refractivity contribution is 0.593. The molecular weight excluding hydrogens is 360 g/mol. The van der Waals surface area contributed by atoms with Crippen molar-refractivity contribution in [3.8, 4) is 0 Å². The molecule has 0 aliphatic heterocycles. The van der Waals surface area contributed by atoms with Gasteiger partial charge < -0.3 is 5.73 Å². The first-order chi connectivity index (χ1) is 8.47. The van der Waals surface area contributed by atoms with Crippen molar-refractivity contribution in [3.63, 3.8) is 0 Å². The lowest BCUT2D eigenvalue weighted by Gasteiger charge is -2.11. The van der Waals surface area contributed by atoms with E-state index in [1.165, 1.54) is 17.4 Å². The van der Waals surface area contributed by atoms with E-state index < -0.39 is 0 Å².